The van der Waals surface area contributed by atoms with Gasteiger partial charge in [-0.05, 0) is 49.8 Å². The van der Waals surface area contributed by atoms with Crippen molar-refractivity contribution in [3.05, 3.63) is 58.7 Å². The molecule has 2 aromatic rings. The fourth-order valence-electron chi connectivity index (χ4n) is 2.93. The third-order valence-electron chi connectivity index (χ3n) is 4.43. The summed E-state index contributed by atoms with van der Waals surface area (Å²) < 4.78 is 0. The number of nitrogens with zero attached hydrogens (tertiary/aromatic N) is 3. The van der Waals surface area contributed by atoms with Gasteiger partial charge in [-0.1, -0.05) is 38.1 Å². The van der Waals surface area contributed by atoms with Crippen molar-refractivity contribution in [3.63, 3.8) is 0 Å². The SMILES string of the molecule is Cc1cc(C(=O)N(Cc2ccc(C(C)C)cc2)C2CC2)nc(C)n1. The summed E-state index contributed by atoms with van der Waals surface area (Å²) in [6.45, 7) is 8.75. The number of amides is 1. The zero-order valence-electron chi connectivity index (χ0n) is 14.9. The van der Waals surface area contributed by atoms with E-state index in [0.717, 1.165) is 18.5 Å². The minimum atomic E-state index is 0.0130. The average Bonchev–Trinajstić information content (AvgIpc) is 3.36. The van der Waals surface area contributed by atoms with E-state index in [1.165, 1.54) is 11.1 Å². The van der Waals surface area contributed by atoms with Gasteiger partial charge in [-0.3, -0.25) is 4.79 Å². The number of benzene rings is 1. The topological polar surface area (TPSA) is 46.1 Å². The predicted molar refractivity (Wildman–Crippen MR) is 94.9 cm³/mol. The largest absolute Gasteiger partial charge is 0.330 e. The quantitative estimate of drug-likeness (QED) is 0.835. The van der Waals surface area contributed by atoms with E-state index < -0.39 is 0 Å². The molecule has 0 N–H and O–H groups in total. The van der Waals surface area contributed by atoms with Crippen molar-refractivity contribution in [1.29, 1.82) is 0 Å². The Balaban J connectivity index is 1.80. The van der Waals surface area contributed by atoms with Crippen LogP contribution in [0.25, 0.3) is 0 Å². The summed E-state index contributed by atoms with van der Waals surface area (Å²) in [4.78, 5) is 23.5. The zero-order valence-corrected chi connectivity index (χ0v) is 14.9. The molecule has 0 saturated heterocycles. The van der Waals surface area contributed by atoms with Crippen molar-refractivity contribution < 1.29 is 4.79 Å². The molecule has 1 saturated carbocycles. The van der Waals surface area contributed by atoms with Crippen molar-refractivity contribution in [2.24, 2.45) is 0 Å². The molecule has 126 valence electrons. The molecule has 0 spiro atoms. The molecule has 0 unspecified atom stereocenters. The first-order chi connectivity index (χ1) is 11.4. The summed E-state index contributed by atoms with van der Waals surface area (Å²) in [5.74, 6) is 1.18. The number of carbonyl (C=O) groups excluding carboxylic acids is 1. The molecule has 4 nitrogen and oxygen atoms in total. The van der Waals surface area contributed by atoms with Gasteiger partial charge in [-0.2, -0.15) is 0 Å². The molecule has 1 aliphatic carbocycles. The Morgan fingerprint density at radius 2 is 1.83 bits per heavy atom. The first-order valence-electron chi connectivity index (χ1n) is 8.66. The number of hydrogen-bond donors (Lipinski definition) is 0. The molecular formula is C20H25N3O. The molecule has 1 fully saturated rings. The molecule has 4 heteroatoms. The highest BCUT2D eigenvalue weighted by atomic mass is 16.2. The first-order valence-corrected chi connectivity index (χ1v) is 8.66. The molecule has 1 aromatic heterocycles. The Bertz CT molecular complexity index is 713. The fraction of sp³-hybridized carbons (Fsp3) is 0.450. The van der Waals surface area contributed by atoms with Crippen molar-refractivity contribution in [2.45, 2.75) is 59.0 Å². The second kappa shape index (κ2) is 6.71. The van der Waals surface area contributed by atoms with Crippen LogP contribution >= 0.6 is 0 Å². The smallest absolute Gasteiger partial charge is 0.273 e. The van der Waals surface area contributed by atoms with Gasteiger partial charge in [0.1, 0.15) is 11.5 Å². The lowest BCUT2D eigenvalue weighted by Gasteiger charge is -2.22. The number of rotatable bonds is 5. The lowest BCUT2D eigenvalue weighted by Crippen LogP contribution is -2.33. The van der Waals surface area contributed by atoms with Crippen LogP contribution in [0, 0.1) is 13.8 Å². The van der Waals surface area contributed by atoms with Crippen LogP contribution in [-0.4, -0.2) is 26.8 Å². The van der Waals surface area contributed by atoms with E-state index >= 15 is 0 Å². The highest BCUT2D eigenvalue weighted by Crippen LogP contribution is 2.30. The Kier molecular flexibility index (Phi) is 4.65. The van der Waals surface area contributed by atoms with Crippen molar-refractivity contribution in [3.8, 4) is 0 Å². The molecule has 0 atom stereocenters. The van der Waals surface area contributed by atoms with Gasteiger partial charge in [0.25, 0.3) is 5.91 Å². The van der Waals surface area contributed by atoms with E-state index in [-0.39, 0.29) is 5.91 Å². The molecule has 3 rings (SSSR count). The van der Waals surface area contributed by atoms with Gasteiger partial charge in [-0.15, -0.1) is 0 Å². The van der Waals surface area contributed by atoms with Gasteiger partial charge < -0.3 is 4.90 Å². The highest BCUT2D eigenvalue weighted by molar-refractivity contribution is 5.92. The van der Waals surface area contributed by atoms with Crippen LogP contribution in [0.1, 0.15) is 65.7 Å². The normalized spacial score (nSPS) is 14.0. The van der Waals surface area contributed by atoms with Gasteiger partial charge in [0.05, 0.1) is 0 Å². The van der Waals surface area contributed by atoms with Gasteiger partial charge >= 0.3 is 0 Å². The molecule has 1 heterocycles. The Labute approximate surface area is 143 Å². The molecule has 1 aromatic carbocycles. The number of aromatic nitrogens is 2. The molecule has 1 aliphatic rings. The molecule has 24 heavy (non-hydrogen) atoms. The standard InChI is InChI=1S/C20H25N3O/c1-13(2)17-7-5-16(6-8-17)12-23(18-9-10-18)20(24)19-11-14(3)21-15(4)22-19/h5-8,11,13,18H,9-10,12H2,1-4H3. The second-order valence-corrected chi connectivity index (χ2v) is 7.00. The maximum atomic E-state index is 12.9. The van der Waals surface area contributed by atoms with Gasteiger partial charge in [-0.25, -0.2) is 9.97 Å². The van der Waals surface area contributed by atoms with Crippen LogP contribution in [0.5, 0.6) is 0 Å². The molecule has 0 bridgehead atoms. The van der Waals surface area contributed by atoms with Crippen LogP contribution in [0.3, 0.4) is 0 Å². The minimum Gasteiger partial charge on any atom is -0.330 e. The highest BCUT2D eigenvalue weighted by Gasteiger charge is 2.33. The molecule has 0 radical (unpaired) electrons. The predicted octanol–water partition coefficient (Wildman–Crippen LogP) is 4.02. The summed E-state index contributed by atoms with van der Waals surface area (Å²) in [6, 6.07) is 10.7. The van der Waals surface area contributed by atoms with Crippen LogP contribution in [0.15, 0.2) is 30.3 Å². The van der Waals surface area contributed by atoms with Crippen molar-refractivity contribution in [1.82, 2.24) is 14.9 Å². The van der Waals surface area contributed by atoms with Crippen LogP contribution in [-0.2, 0) is 6.54 Å². The summed E-state index contributed by atoms with van der Waals surface area (Å²) >= 11 is 0. The third-order valence-corrected chi connectivity index (χ3v) is 4.43. The lowest BCUT2D eigenvalue weighted by molar-refractivity contribution is 0.0723. The van der Waals surface area contributed by atoms with E-state index in [4.69, 9.17) is 0 Å². The maximum Gasteiger partial charge on any atom is 0.273 e. The Hall–Kier alpha value is -2.23. The van der Waals surface area contributed by atoms with E-state index in [1.807, 2.05) is 18.7 Å². The maximum absolute atomic E-state index is 12.9. The van der Waals surface area contributed by atoms with Crippen molar-refractivity contribution in [2.75, 3.05) is 0 Å². The van der Waals surface area contributed by atoms with Gasteiger partial charge in [0, 0.05) is 18.3 Å². The van der Waals surface area contributed by atoms with Gasteiger partial charge in [0.2, 0.25) is 0 Å². The summed E-state index contributed by atoms with van der Waals surface area (Å²) in [5.41, 5.74) is 3.83. The average molecular weight is 323 g/mol. The van der Waals surface area contributed by atoms with E-state index in [0.29, 0.717) is 30.0 Å². The van der Waals surface area contributed by atoms with Gasteiger partial charge in [0.15, 0.2) is 0 Å². The number of carbonyl (C=O) groups is 1. The fourth-order valence-corrected chi connectivity index (χ4v) is 2.93. The van der Waals surface area contributed by atoms with Crippen molar-refractivity contribution >= 4 is 5.91 Å². The van der Waals surface area contributed by atoms with Crippen LogP contribution < -0.4 is 0 Å². The third kappa shape index (κ3) is 3.81. The monoisotopic (exact) mass is 323 g/mol. The lowest BCUT2D eigenvalue weighted by atomic mass is 10.0. The summed E-state index contributed by atoms with van der Waals surface area (Å²) in [7, 11) is 0. The van der Waals surface area contributed by atoms with E-state index in [1.54, 1.807) is 6.07 Å². The Morgan fingerprint density at radius 3 is 2.38 bits per heavy atom. The summed E-state index contributed by atoms with van der Waals surface area (Å²) in [5, 5.41) is 0. The molecular weight excluding hydrogens is 298 g/mol. The molecule has 0 aliphatic heterocycles. The Morgan fingerprint density at radius 1 is 1.17 bits per heavy atom. The zero-order chi connectivity index (χ0) is 17.3. The molecule has 1 amide bonds. The first kappa shape index (κ1) is 16.6. The van der Waals surface area contributed by atoms with Crippen LogP contribution in [0.2, 0.25) is 0 Å². The summed E-state index contributed by atoms with van der Waals surface area (Å²) in [6.07, 6.45) is 2.16. The minimum absolute atomic E-state index is 0.0130. The van der Waals surface area contributed by atoms with Crippen LogP contribution in [0.4, 0.5) is 0 Å². The number of aryl methyl sites for hydroxylation is 2. The van der Waals surface area contributed by atoms with E-state index in [2.05, 4.69) is 48.1 Å². The second-order valence-electron chi connectivity index (χ2n) is 7.00. The number of hydrogen-bond acceptors (Lipinski definition) is 3. The van der Waals surface area contributed by atoms with E-state index in [9.17, 15) is 4.79 Å².